The van der Waals surface area contributed by atoms with Crippen molar-refractivity contribution in [3.8, 4) is 0 Å². The molecule has 0 aromatic carbocycles. The Morgan fingerprint density at radius 3 is 2.74 bits per heavy atom. The van der Waals surface area contributed by atoms with Crippen molar-refractivity contribution in [2.45, 2.75) is 24.5 Å². The third kappa shape index (κ3) is 2.46. The lowest BCUT2D eigenvalue weighted by Crippen LogP contribution is -2.41. The fourth-order valence-electron chi connectivity index (χ4n) is 2.37. The number of aromatic amines is 1. The molecule has 0 radical (unpaired) electrons. The second-order valence-corrected chi connectivity index (χ2v) is 5.63. The highest BCUT2D eigenvalue weighted by atomic mass is 127. The van der Waals surface area contributed by atoms with Crippen molar-refractivity contribution < 1.29 is 19.0 Å². The Kier molecular flexibility index (Phi) is 3.80. The van der Waals surface area contributed by atoms with Gasteiger partial charge in [-0.2, -0.15) is 0 Å². The predicted octanol–water partition coefficient (Wildman–Crippen LogP) is -0.309. The molecule has 6 nitrogen and oxygen atoms in total. The fraction of sp³-hybridized carbons (Fsp3) is 0.600. The number of halogens is 3. The third-order valence-corrected chi connectivity index (χ3v) is 4.02. The number of rotatable bonds is 2. The number of H-pyrrole nitrogens is 1. The number of aromatic nitrogens is 2. The summed E-state index contributed by atoms with van der Waals surface area (Å²) in [5.74, 6) is -4.49. The summed E-state index contributed by atoms with van der Waals surface area (Å²) in [7, 11) is 0. The first-order valence-corrected chi connectivity index (χ1v) is 6.53. The number of nitrogens with one attached hydrogen (secondary N) is 1. The zero-order valence-corrected chi connectivity index (χ0v) is 11.7. The van der Waals surface area contributed by atoms with E-state index in [0.717, 1.165) is 6.20 Å². The van der Waals surface area contributed by atoms with Crippen molar-refractivity contribution in [3.63, 3.8) is 0 Å². The molecule has 1 aliphatic rings. The van der Waals surface area contributed by atoms with Gasteiger partial charge in [0.25, 0.3) is 11.5 Å². The Hall–Kier alpha value is -0.810. The average Bonchev–Trinajstić information content (AvgIpc) is 2.52. The molecule has 0 bridgehead atoms. The van der Waals surface area contributed by atoms with Gasteiger partial charge in [-0.3, -0.25) is 14.3 Å². The summed E-state index contributed by atoms with van der Waals surface area (Å²) in [6.45, 7) is -0.677. The largest absolute Gasteiger partial charge is 0.396 e. The summed E-state index contributed by atoms with van der Waals surface area (Å²) in [6.07, 6.45) is -1.21. The highest BCUT2D eigenvalue weighted by Crippen LogP contribution is 2.46. The van der Waals surface area contributed by atoms with Crippen LogP contribution in [0, 0.1) is 9.49 Å². The molecule has 106 valence electrons. The van der Waals surface area contributed by atoms with E-state index in [0.29, 0.717) is 4.57 Å². The first-order chi connectivity index (χ1) is 8.77. The second-order valence-electron chi connectivity index (χ2n) is 4.47. The number of aliphatic hydroxyl groups excluding tert-OH is 2. The lowest BCUT2D eigenvalue weighted by molar-refractivity contribution is -0.0458. The molecule has 3 atom stereocenters. The number of alkyl halides is 2. The van der Waals surface area contributed by atoms with Crippen molar-refractivity contribution >= 4 is 22.6 Å². The quantitative estimate of drug-likeness (QED) is 0.606. The van der Waals surface area contributed by atoms with Crippen LogP contribution in [-0.2, 0) is 0 Å². The van der Waals surface area contributed by atoms with Crippen LogP contribution in [0.5, 0.6) is 0 Å². The maximum atomic E-state index is 13.9. The first-order valence-electron chi connectivity index (χ1n) is 5.45. The third-order valence-electron chi connectivity index (χ3n) is 3.25. The standard InChI is InChI=1S/C10H11F2IN2O4/c11-10(12)1-6(17)4(3-16)7(10)15-2-5(13)8(18)14-9(15)19/h2,4,6-7,16-17H,1,3H2,(H,14,18,19). The van der Waals surface area contributed by atoms with E-state index in [1.807, 2.05) is 4.98 Å². The molecule has 1 aromatic heterocycles. The van der Waals surface area contributed by atoms with Gasteiger partial charge in [-0.1, -0.05) is 0 Å². The maximum absolute atomic E-state index is 13.9. The maximum Gasteiger partial charge on any atom is 0.328 e. The predicted molar refractivity (Wildman–Crippen MR) is 69.2 cm³/mol. The van der Waals surface area contributed by atoms with Crippen LogP contribution in [0.2, 0.25) is 0 Å². The summed E-state index contributed by atoms with van der Waals surface area (Å²) in [6, 6.07) is -1.68. The van der Waals surface area contributed by atoms with Crippen LogP contribution in [0.1, 0.15) is 12.5 Å². The van der Waals surface area contributed by atoms with Crippen LogP contribution in [0.4, 0.5) is 8.78 Å². The molecular formula is C10H11F2IN2O4. The minimum atomic E-state index is -3.34. The molecule has 0 saturated heterocycles. The van der Waals surface area contributed by atoms with Gasteiger partial charge in [0.05, 0.1) is 16.3 Å². The molecule has 1 heterocycles. The van der Waals surface area contributed by atoms with Crippen LogP contribution in [-0.4, -0.2) is 38.4 Å². The van der Waals surface area contributed by atoms with Gasteiger partial charge in [-0.15, -0.1) is 0 Å². The van der Waals surface area contributed by atoms with Crippen molar-refractivity contribution in [2.24, 2.45) is 5.92 Å². The Labute approximate surface area is 119 Å². The minimum Gasteiger partial charge on any atom is -0.396 e. The highest BCUT2D eigenvalue weighted by Gasteiger charge is 2.56. The number of hydrogen-bond donors (Lipinski definition) is 3. The van der Waals surface area contributed by atoms with E-state index in [9.17, 15) is 23.5 Å². The molecule has 3 unspecified atom stereocenters. The van der Waals surface area contributed by atoms with E-state index in [-0.39, 0.29) is 3.57 Å². The van der Waals surface area contributed by atoms with Crippen LogP contribution in [0.15, 0.2) is 15.8 Å². The minimum absolute atomic E-state index is 0.0751. The SMILES string of the molecule is O=c1[nH]c(=O)n(C2C(CO)C(O)CC2(F)F)cc1I. The zero-order valence-electron chi connectivity index (χ0n) is 9.52. The molecule has 9 heteroatoms. The number of aliphatic hydroxyl groups is 2. The van der Waals surface area contributed by atoms with Gasteiger partial charge in [0.2, 0.25) is 0 Å². The molecule has 1 saturated carbocycles. The summed E-state index contributed by atoms with van der Waals surface area (Å²) in [5, 5.41) is 18.7. The summed E-state index contributed by atoms with van der Waals surface area (Å²) in [4.78, 5) is 24.8. The van der Waals surface area contributed by atoms with Crippen LogP contribution in [0.25, 0.3) is 0 Å². The van der Waals surface area contributed by atoms with Gasteiger partial charge in [-0.05, 0) is 22.6 Å². The molecule has 3 N–H and O–H groups in total. The summed E-state index contributed by atoms with van der Waals surface area (Å²) < 4.78 is 28.5. The molecule has 2 rings (SSSR count). The monoisotopic (exact) mass is 388 g/mol. The smallest absolute Gasteiger partial charge is 0.328 e. The van der Waals surface area contributed by atoms with Crippen LogP contribution >= 0.6 is 22.6 Å². The van der Waals surface area contributed by atoms with Gasteiger partial charge >= 0.3 is 5.69 Å². The molecule has 1 aliphatic carbocycles. The fourth-order valence-corrected chi connectivity index (χ4v) is 2.81. The van der Waals surface area contributed by atoms with Gasteiger partial charge in [0, 0.05) is 18.5 Å². The average molecular weight is 388 g/mol. The summed E-state index contributed by atoms with van der Waals surface area (Å²) >= 11 is 1.62. The van der Waals surface area contributed by atoms with Gasteiger partial charge in [0.1, 0.15) is 6.04 Å². The molecule has 0 amide bonds. The Morgan fingerprint density at radius 2 is 2.16 bits per heavy atom. The second kappa shape index (κ2) is 4.94. The molecule has 1 fully saturated rings. The lowest BCUT2D eigenvalue weighted by atomic mass is 10.0. The lowest BCUT2D eigenvalue weighted by Gasteiger charge is -2.25. The van der Waals surface area contributed by atoms with Crippen molar-refractivity contribution in [1.82, 2.24) is 9.55 Å². The van der Waals surface area contributed by atoms with Gasteiger partial charge < -0.3 is 10.2 Å². The van der Waals surface area contributed by atoms with E-state index < -0.39 is 48.3 Å². The van der Waals surface area contributed by atoms with Crippen molar-refractivity contribution in [2.75, 3.05) is 6.61 Å². The van der Waals surface area contributed by atoms with Crippen LogP contribution < -0.4 is 11.2 Å². The molecular weight excluding hydrogens is 377 g/mol. The Bertz CT molecular complexity index is 600. The van der Waals surface area contributed by atoms with Crippen molar-refractivity contribution in [1.29, 1.82) is 0 Å². The van der Waals surface area contributed by atoms with E-state index >= 15 is 0 Å². The Balaban J connectivity index is 2.59. The zero-order chi connectivity index (χ0) is 14.4. The highest BCUT2D eigenvalue weighted by molar-refractivity contribution is 14.1. The van der Waals surface area contributed by atoms with Gasteiger partial charge in [-0.25, -0.2) is 13.6 Å². The van der Waals surface area contributed by atoms with E-state index in [2.05, 4.69) is 0 Å². The summed E-state index contributed by atoms with van der Waals surface area (Å²) in [5.41, 5.74) is -1.65. The topological polar surface area (TPSA) is 95.3 Å². The number of hydrogen-bond acceptors (Lipinski definition) is 4. The van der Waals surface area contributed by atoms with Gasteiger partial charge in [0.15, 0.2) is 0 Å². The first kappa shape index (κ1) is 14.6. The Morgan fingerprint density at radius 1 is 1.53 bits per heavy atom. The number of nitrogens with zero attached hydrogens (tertiary/aromatic N) is 1. The molecule has 19 heavy (non-hydrogen) atoms. The van der Waals surface area contributed by atoms with E-state index in [1.165, 1.54) is 0 Å². The normalized spacial score (nSPS) is 29.6. The molecule has 0 spiro atoms. The van der Waals surface area contributed by atoms with E-state index in [4.69, 9.17) is 5.11 Å². The van der Waals surface area contributed by atoms with Crippen molar-refractivity contribution in [3.05, 3.63) is 30.6 Å². The van der Waals surface area contributed by atoms with Crippen LogP contribution in [0.3, 0.4) is 0 Å². The molecule has 0 aliphatic heterocycles. The van der Waals surface area contributed by atoms with E-state index in [1.54, 1.807) is 22.6 Å². The molecule has 1 aromatic rings.